The Bertz CT molecular complexity index is 1430. The number of carbonyl (C=O) groups excluding carboxylic acids is 2. The molecule has 1 aliphatic heterocycles. The van der Waals surface area contributed by atoms with Gasteiger partial charge in [0, 0.05) is 37.1 Å². The first-order valence-electron chi connectivity index (χ1n) is 15.4. The van der Waals surface area contributed by atoms with Crippen LogP contribution in [0.25, 0.3) is 11.1 Å². The number of allylic oxidation sites excluding steroid dienone is 2. The van der Waals surface area contributed by atoms with Gasteiger partial charge in [0.1, 0.15) is 12.4 Å². The van der Waals surface area contributed by atoms with Gasteiger partial charge >= 0.3 is 5.97 Å². The van der Waals surface area contributed by atoms with Gasteiger partial charge in [0.05, 0.1) is 18.3 Å². The Morgan fingerprint density at radius 2 is 1.93 bits per heavy atom. The van der Waals surface area contributed by atoms with E-state index in [1.807, 2.05) is 37.3 Å². The maximum absolute atomic E-state index is 13.7. The summed E-state index contributed by atoms with van der Waals surface area (Å²) < 4.78 is 5.04. The lowest BCUT2D eigenvalue weighted by Crippen LogP contribution is -2.41. The van der Waals surface area contributed by atoms with Crippen LogP contribution in [0, 0.1) is 18.8 Å². The number of aliphatic imine (C=N–C) groups is 1. The number of aryl methyl sites for hydroxylation is 1. The zero-order chi connectivity index (χ0) is 30.0. The first-order chi connectivity index (χ1) is 20.2. The number of pyridine rings is 1. The molecule has 1 aromatic heterocycles. The summed E-state index contributed by atoms with van der Waals surface area (Å²) in [7, 11) is 3.78. The number of amides is 1. The number of hydrogen-bond donors (Lipinski definition) is 0. The van der Waals surface area contributed by atoms with E-state index < -0.39 is 0 Å². The average Bonchev–Trinajstić information content (AvgIpc) is 3.84. The molecule has 222 valence electrons. The van der Waals surface area contributed by atoms with E-state index in [-0.39, 0.29) is 24.5 Å². The summed E-state index contributed by atoms with van der Waals surface area (Å²) in [5.74, 6) is 1.61. The van der Waals surface area contributed by atoms with Crippen LogP contribution in [0.3, 0.4) is 0 Å². The SMILES string of the molecule is CCOC(=O)CN(C)c1ccc(-c2ccc(N=C(CC)C3CC(C)C4=C(C5CC5)CCC=C4C(=O)N3C)c(C)c2)cn1. The third-order valence-corrected chi connectivity index (χ3v) is 8.91. The fourth-order valence-corrected chi connectivity index (χ4v) is 6.50. The van der Waals surface area contributed by atoms with Crippen LogP contribution in [0.2, 0.25) is 0 Å². The molecule has 7 nitrogen and oxygen atoms in total. The molecule has 1 saturated carbocycles. The number of anilines is 1. The molecule has 2 aromatic rings. The van der Waals surface area contributed by atoms with Gasteiger partial charge in [-0.3, -0.25) is 14.6 Å². The van der Waals surface area contributed by atoms with Crippen molar-refractivity contribution >= 4 is 29.1 Å². The van der Waals surface area contributed by atoms with E-state index in [0.29, 0.717) is 24.3 Å². The molecule has 0 bridgehead atoms. The van der Waals surface area contributed by atoms with E-state index in [4.69, 9.17) is 9.73 Å². The highest BCUT2D eigenvalue weighted by Gasteiger charge is 2.40. The number of fused-ring (bicyclic) bond motifs is 1. The largest absolute Gasteiger partial charge is 0.465 e. The molecule has 2 heterocycles. The summed E-state index contributed by atoms with van der Waals surface area (Å²) in [5.41, 5.74) is 8.95. The number of ether oxygens (including phenoxy) is 1. The lowest BCUT2D eigenvalue weighted by molar-refractivity contribution is -0.141. The van der Waals surface area contributed by atoms with Crippen molar-refractivity contribution in [3.8, 4) is 11.1 Å². The highest BCUT2D eigenvalue weighted by molar-refractivity contribution is 6.03. The van der Waals surface area contributed by atoms with Gasteiger partial charge in [0.25, 0.3) is 5.91 Å². The molecule has 7 heteroatoms. The third kappa shape index (κ3) is 6.20. The van der Waals surface area contributed by atoms with Gasteiger partial charge in [-0.25, -0.2) is 4.98 Å². The number of benzene rings is 1. The van der Waals surface area contributed by atoms with Gasteiger partial charge in [0.2, 0.25) is 0 Å². The topological polar surface area (TPSA) is 75.1 Å². The number of esters is 1. The van der Waals surface area contributed by atoms with E-state index in [1.54, 1.807) is 17.4 Å². The van der Waals surface area contributed by atoms with Crippen molar-refractivity contribution in [2.45, 2.75) is 72.3 Å². The van der Waals surface area contributed by atoms with Crippen molar-refractivity contribution in [2.75, 3.05) is 32.1 Å². The number of hydrogen-bond acceptors (Lipinski definition) is 6. The van der Waals surface area contributed by atoms with Crippen LogP contribution in [0.1, 0.15) is 64.9 Å². The zero-order valence-electron chi connectivity index (χ0n) is 25.9. The van der Waals surface area contributed by atoms with Gasteiger partial charge in [-0.05, 0) is 105 Å². The minimum absolute atomic E-state index is 0.0284. The lowest BCUT2D eigenvalue weighted by Gasteiger charge is -2.28. The minimum atomic E-state index is -0.270. The maximum atomic E-state index is 13.7. The highest BCUT2D eigenvalue weighted by Crippen LogP contribution is 2.47. The molecular formula is C35H44N4O3. The zero-order valence-corrected chi connectivity index (χ0v) is 25.9. The van der Waals surface area contributed by atoms with Crippen molar-refractivity contribution in [3.63, 3.8) is 0 Å². The number of likely N-dealkylation sites (N-methyl/N-ethyl adjacent to an activating group) is 2. The van der Waals surface area contributed by atoms with E-state index in [9.17, 15) is 9.59 Å². The average molecular weight is 569 g/mol. The van der Waals surface area contributed by atoms with E-state index >= 15 is 0 Å². The summed E-state index contributed by atoms with van der Waals surface area (Å²) in [4.78, 5) is 39.1. The normalized spacial score (nSPS) is 21.1. The van der Waals surface area contributed by atoms with Crippen LogP contribution < -0.4 is 4.90 Å². The molecule has 5 rings (SSSR count). The molecule has 1 amide bonds. The first-order valence-corrected chi connectivity index (χ1v) is 15.4. The van der Waals surface area contributed by atoms with Gasteiger partial charge in [0.15, 0.2) is 0 Å². The molecule has 1 saturated heterocycles. The summed E-state index contributed by atoms with van der Waals surface area (Å²) in [6.45, 7) is 8.85. The van der Waals surface area contributed by atoms with E-state index in [1.165, 1.54) is 18.4 Å². The second kappa shape index (κ2) is 12.6. The summed E-state index contributed by atoms with van der Waals surface area (Å²) >= 11 is 0. The number of nitrogens with zero attached hydrogens (tertiary/aromatic N) is 4. The molecule has 2 aliphatic carbocycles. The fraction of sp³-hybridized carbons (Fsp3) is 0.486. The number of rotatable bonds is 9. The molecule has 2 atom stereocenters. The van der Waals surface area contributed by atoms with E-state index in [0.717, 1.165) is 59.3 Å². The third-order valence-electron chi connectivity index (χ3n) is 8.91. The molecule has 0 radical (unpaired) electrons. The van der Waals surface area contributed by atoms with Gasteiger partial charge in [-0.1, -0.05) is 31.6 Å². The molecular weight excluding hydrogens is 524 g/mol. The summed E-state index contributed by atoms with van der Waals surface area (Å²) in [6, 6.07) is 10.2. The smallest absolute Gasteiger partial charge is 0.325 e. The van der Waals surface area contributed by atoms with Crippen LogP contribution in [0.4, 0.5) is 11.5 Å². The Hall–Kier alpha value is -3.74. The van der Waals surface area contributed by atoms with Crippen molar-refractivity contribution in [1.29, 1.82) is 0 Å². The van der Waals surface area contributed by atoms with Crippen LogP contribution >= 0.6 is 0 Å². The molecule has 2 fully saturated rings. The maximum Gasteiger partial charge on any atom is 0.325 e. The highest BCUT2D eigenvalue weighted by atomic mass is 16.5. The van der Waals surface area contributed by atoms with Crippen LogP contribution in [-0.4, -0.2) is 60.8 Å². The van der Waals surface area contributed by atoms with Crippen LogP contribution in [0.5, 0.6) is 0 Å². The molecule has 1 aromatic carbocycles. The second-order valence-corrected chi connectivity index (χ2v) is 12.0. The van der Waals surface area contributed by atoms with Crippen molar-refractivity contribution < 1.29 is 14.3 Å². The molecule has 42 heavy (non-hydrogen) atoms. The number of carbonyl (C=O) groups is 2. The van der Waals surface area contributed by atoms with Crippen molar-refractivity contribution in [3.05, 3.63) is 64.9 Å². The predicted octanol–water partition coefficient (Wildman–Crippen LogP) is 6.83. The van der Waals surface area contributed by atoms with Crippen molar-refractivity contribution in [1.82, 2.24) is 9.88 Å². The van der Waals surface area contributed by atoms with E-state index in [2.05, 4.69) is 50.0 Å². The standard InChI is InChI=1S/C35H44N4O3/c1-7-29(31-19-23(4)34-27(24-12-13-24)10-9-11-28(34)35(41)39(31)6)37-30-16-14-25(18-22(30)3)26-15-17-32(36-20-26)38(5)21-33(40)42-8-2/h11,14-18,20,23-24,31H,7-10,12-13,19,21H2,1-6H3. The number of aromatic nitrogens is 1. The summed E-state index contributed by atoms with van der Waals surface area (Å²) in [5, 5.41) is 0. The lowest BCUT2D eigenvalue weighted by atomic mass is 9.80. The van der Waals surface area contributed by atoms with Crippen LogP contribution in [0.15, 0.2) is 64.3 Å². The Morgan fingerprint density at radius 1 is 1.17 bits per heavy atom. The van der Waals surface area contributed by atoms with Gasteiger partial charge < -0.3 is 14.5 Å². The monoisotopic (exact) mass is 568 g/mol. The Kier molecular flexibility index (Phi) is 8.95. The van der Waals surface area contributed by atoms with Gasteiger partial charge in [-0.15, -0.1) is 0 Å². The molecule has 3 aliphatic rings. The molecule has 2 unspecified atom stereocenters. The van der Waals surface area contributed by atoms with Gasteiger partial charge in [-0.2, -0.15) is 0 Å². The predicted molar refractivity (Wildman–Crippen MR) is 169 cm³/mol. The minimum Gasteiger partial charge on any atom is -0.465 e. The molecule has 0 spiro atoms. The summed E-state index contributed by atoms with van der Waals surface area (Å²) in [6.07, 6.45) is 10.3. The number of likely N-dealkylation sites (tertiary alicyclic amines) is 1. The Balaban J connectivity index is 1.36. The van der Waals surface area contributed by atoms with Crippen molar-refractivity contribution in [2.24, 2.45) is 16.8 Å². The Labute approximate surface area is 250 Å². The Morgan fingerprint density at radius 3 is 2.57 bits per heavy atom. The second-order valence-electron chi connectivity index (χ2n) is 12.0. The first kappa shape index (κ1) is 29.7. The quantitative estimate of drug-likeness (QED) is 0.245. The van der Waals surface area contributed by atoms with Crippen LogP contribution in [-0.2, 0) is 14.3 Å². The molecule has 0 N–H and O–H groups in total. The fourth-order valence-electron chi connectivity index (χ4n) is 6.50.